The van der Waals surface area contributed by atoms with Crippen LogP contribution in [0.25, 0.3) is 0 Å². The van der Waals surface area contributed by atoms with Gasteiger partial charge >= 0.3 is 7.32 Å². The van der Waals surface area contributed by atoms with Gasteiger partial charge in [-0.3, -0.25) is 0 Å². The van der Waals surface area contributed by atoms with Gasteiger partial charge < -0.3 is 28.2 Å². The van der Waals surface area contributed by atoms with Gasteiger partial charge in [-0.15, -0.1) is 0 Å². The zero-order valence-corrected chi connectivity index (χ0v) is 31.4. The van der Waals surface area contributed by atoms with Crippen LogP contribution < -0.4 is 0 Å². The number of hydrogen-bond acceptors (Lipinski definition) is 6. The summed E-state index contributed by atoms with van der Waals surface area (Å²) in [4.78, 5) is 0. The van der Waals surface area contributed by atoms with Crippen molar-refractivity contribution in [1.82, 2.24) is 0 Å². The summed E-state index contributed by atoms with van der Waals surface area (Å²) in [6.07, 6.45) is 3.43. The minimum absolute atomic E-state index is 0.455. The predicted octanol–water partition coefficient (Wildman–Crippen LogP) is 8.60. The van der Waals surface area contributed by atoms with Crippen molar-refractivity contribution in [3.05, 3.63) is 0 Å². The second-order valence-corrected chi connectivity index (χ2v) is 29.2. The lowest BCUT2D eigenvalue weighted by Gasteiger charge is -2.24. The third kappa shape index (κ3) is 20.4. The van der Waals surface area contributed by atoms with Crippen LogP contribution in [-0.2, 0) is 28.2 Å². The molecule has 0 aromatic rings. The number of ether oxygens (including phenoxy) is 3. The van der Waals surface area contributed by atoms with Gasteiger partial charge in [-0.2, -0.15) is 0 Å². The molecule has 6 nitrogen and oxygen atoms in total. The minimum atomic E-state index is -1.04. The first kappa shape index (κ1) is 40.5. The summed E-state index contributed by atoms with van der Waals surface area (Å²) in [5.41, 5.74) is 0. The van der Waals surface area contributed by atoms with Crippen LogP contribution in [0.15, 0.2) is 0 Å². The van der Waals surface area contributed by atoms with Gasteiger partial charge in [0.15, 0.2) is 0 Å². The molecule has 0 bridgehead atoms. The molecule has 0 aliphatic rings. The van der Waals surface area contributed by atoms with Crippen LogP contribution in [0, 0.1) is 0 Å². The second kappa shape index (κ2) is 24.9. The first-order valence-electron chi connectivity index (χ1n) is 16.7. The molecule has 40 heavy (non-hydrogen) atoms. The third-order valence-electron chi connectivity index (χ3n) is 9.77. The largest absolute Gasteiger partial charge is 0.639 e. The van der Waals surface area contributed by atoms with Gasteiger partial charge in [0.05, 0.1) is 39.6 Å². The van der Waals surface area contributed by atoms with Crippen LogP contribution >= 0.6 is 0 Å². The van der Waals surface area contributed by atoms with E-state index in [4.69, 9.17) is 28.2 Å². The molecule has 10 heteroatoms. The maximum absolute atomic E-state index is 5.87. The van der Waals surface area contributed by atoms with E-state index in [1.54, 1.807) is 0 Å². The molecule has 0 N–H and O–H groups in total. The summed E-state index contributed by atoms with van der Waals surface area (Å²) in [7, 11) is -3.82. The van der Waals surface area contributed by atoms with Gasteiger partial charge in [-0.1, -0.05) is 116 Å². The highest BCUT2D eigenvalue weighted by atomic mass is 28.3. The average Bonchev–Trinajstić information content (AvgIpc) is 2.98. The van der Waals surface area contributed by atoms with Crippen LogP contribution in [0.1, 0.15) is 60.8 Å². The molecule has 0 aromatic carbocycles. The Hall–Kier alpha value is 0.476. The molecule has 0 saturated carbocycles. The van der Waals surface area contributed by atoms with E-state index >= 15 is 0 Å². The van der Waals surface area contributed by atoms with Crippen molar-refractivity contribution in [2.24, 2.45) is 0 Å². The highest BCUT2D eigenvalue weighted by molar-refractivity contribution is 6.79. The van der Waals surface area contributed by atoms with E-state index < -0.39 is 31.5 Å². The predicted molar refractivity (Wildman–Crippen MR) is 182 cm³/mol. The third-order valence-corrected chi connectivity index (χ3v) is 24.7. The molecule has 0 rings (SSSR count). The molecule has 0 aliphatic carbocycles. The Labute approximate surface area is 253 Å². The SMILES string of the molecule is CC[Si](C)(CC)CCCOCCOB(OCCOCCC[Si](C)(CC)CC)OCCOCCC[Si](C)(CC)CC. The van der Waals surface area contributed by atoms with Crippen LogP contribution in [-0.4, -0.2) is 91.0 Å². The monoisotopic (exact) mass is 620 g/mol. The first-order valence-corrected chi connectivity index (χ1v) is 26.1. The van der Waals surface area contributed by atoms with E-state index in [9.17, 15) is 0 Å². The van der Waals surface area contributed by atoms with Crippen molar-refractivity contribution in [2.45, 2.75) is 135 Å². The van der Waals surface area contributed by atoms with E-state index in [0.29, 0.717) is 39.6 Å². The van der Waals surface area contributed by atoms with Crippen LogP contribution in [0.4, 0.5) is 0 Å². The van der Waals surface area contributed by atoms with E-state index in [1.807, 2.05) is 0 Å². The number of hydrogen-bond donors (Lipinski definition) is 0. The molecule has 0 aliphatic heterocycles. The Morgan fingerprint density at radius 1 is 0.375 bits per heavy atom. The van der Waals surface area contributed by atoms with Crippen molar-refractivity contribution in [1.29, 1.82) is 0 Å². The van der Waals surface area contributed by atoms with Crippen molar-refractivity contribution in [2.75, 3.05) is 59.5 Å². The Morgan fingerprint density at radius 2 is 0.625 bits per heavy atom. The first-order chi connectivity index (χ1) is 19.1. The van der Waals surface area contributed by atoms with Gasteiger partial charge in [0.1, 0.15) is 0 Å². The Kier molecular flexibility index (Phi) is 25.2. The molecule has 0 saturated heterocycles. The quantitative estimate of drug-likeness (QED) is 0.0592. The summed E-state index contributed by atoms with van der Waals surface area (Å²) in [5.74, 6) is 0. The fraction of sp³-hybridized carbons (Fsp3) is 1.00. The zero-order valence-electron chi connectivity index (χ0n) is 28.4. The molecule has 0 amide bonds. The van der Waals surface area contributed by atoms with Crippen LogP contribution in [0.3, 0.4) is 0 Å². The molecule has 0 fully saturated rings. The second-order valence-electron chi connectivity index (χ2n) is 12.6. The average molecular weight is 621 g/mol. The van der Waals surface area contributed by atoms with E-state index in [-0.39, 0.29) is 0 Å². The van der Waals surface area contributed by atoms with Gasteiger partial charge in [0, 0.05) is 44.0 Å². The Morgan fingerprint density at radius 3 is 0.850 bits per heavy atom. The van der Waals surface area contributed by atoms with Gasteiger partial charge in [-0.25, -0.2) is 0 Å². The maximum Gasteiger partial charge on any atom is 0.639 e. The molecule has 0 unspecified atom stereocenters. The molecule has 0 radical (unpaired) electrons. The standard InChI is InChI=1S/C30H69BO6Si3/c1-10-38(7,11-2)28-16-19-32-22-25-35-31(36-26-23-33-20-17-29-39(8,12-3)13-4)37-27-24-34-21-18-30-40(9,14-5)15-6/h10-30H2,1-9H3. The molecule has 0 atom stereocenters. The van der Waals surface area contributed by atoms with E-state index in [2.05, 4.69) is 61.2 Å². The summed E-state index contributed by atoms with van der Waals surface area (Å²) in [6, 6.07) is 12.1. The Bertz CT molecular complexity index is 487. The Balaban J connectivity index is 4.27. The molecule has 240 valence electrons. The summed E-state index contributed by atoms with van der Waals surface area (Å²) >= 11 is 0. The lowest BCUT2D eigenvalue weighted by molar-refractivity contribution is 0.0203. The van der Waals surface area contributed by atoms with Crippen molar-refractivity contribution in [3.8, 4) is 0 Å². The summed E-state index contributed by atoms with van der Waals surface area (Å²) in [5, 5.41) is 0. The van der Waals surface area contributed by atoms with Crippen molar-refractivity contribution < 1.29 is 28.2 Å². The zero-order chi connectivity index (χ0) is 30.2. The topological polar surface area (TPSA) is 55.4 Å². The van der Waals surface area contributed by atoms with Gasteiger partial charge in [0.2, 0.25) is 0 Å². The fourth-order valence-corrected chi connectivity index (χ4v) is 11.3. The molecular formula is C30H69BO6Si3. The highest BCUT2D eigenvalue weighted by Gasteiger charge is 2.24. The van der Waals surface area contributed by atoms with Crippen LogP contribution in [0.2, 0.25) is 74.0 Å². The highest BCUT2D eigenvalue weighted by Crippen LogP contribution is 2.23. The molecule has 0 aromatic heterocycles. The summed E-state index contributed by atoms with van der Waals surface area (Å²) < 4.78 is 35.2. The van der Waals surface area contributed by atoms with Crippen molar-refractivity contribution >= 4 is 31.5 Å². The maximum atomic E-state index is 5.87. The lowest BCUT2D eigenvalue weighted by Crippen LogP contribution is -2.32. The fourth-order valence-electron chi connectivity index (χ4n) is 4.67. The lowest BCUT2D eigenvalue weighted by atomic mass is 10.2. The minimum Gasteiger partial charge on any atom is -0.383 e. The van der Waals surface area contributed by atoms with Gasteiger partial charge in [0.25, 0.3) is 0 Å². The van der Waals surface area contributed by atoms with Crippen LogP contribution in [0.5, 0.6) is 0 Å². The smallest absolute Gasteiger partial charge is 0.383 e. The molecule has 0 spiro atoms. The van der Waals surface area contributed by atoms with Gasteiger partial charge in [-0.05, 0) is 19.3 Å². The normalized spacial score (nSPS) is 12.8. The molecular weight excluding hydrogens is 551 g/mol. The number of rotatable bonds is 30. The van der Waals surface area contributed by atoms with Crippen molar-refractivity contribution in [3.63, 3.8) is 0 Å². The molecule has 0 heterocycles. The van der Waals surface area contributed by atoms with E-state index in [0.717, 1.165) is 39.1 Å². The van der Waals surface area contributed by atoms with E-state index in [1.165, 1.54) is 54.4 Å². The summed E-state index contributed by atoms with van der Waals surface area (Å²) in [6.45, 7) is 27.0.